The second-order valence-corrected chi connectivity index (χ2v) is 9.63. The van der Waals surface area contributed by atoms with Crippen molar-refractivity contribution in [1.82, 2.24) is 5.32 Å². The molecule has 1 amide bonds. The van der Waals surface area contributed by atoms with E-state index in [1.807, 2.05) is 34.6 Å². The van der Waals surface area contributed by atoms with Crippen LogP contribution in [0.3, 0.4) is 0 Å². The molecule has 1 saturated carbocycles. The van der Waals surface area contributed by atoms with E-state index in [-0.39, 0.29) is 17.8 Å². The van der Waals surface area contributed by atoms with E-state index in [4.69, 9.17) is 9.26 Å². The van der Waals surface area contributed by atoms with Crippen LogP contribution in [-0.2, 0) is 13.8 Å². The molecular weight excluding hydrogens is 277 g/mol. The lowest BCUT2D eigenvalue weighted by atomic mass is 10.2. The molecule has 0 aromatic heterocycles. The van der Waals surface area contributed by atoms with Crippen LogP contribution in [0.25, 0.3) is 0 Å². The molecule has 1 fully saturated rings. The summed E-state index contributed by atoms with van der Waals surface area (Å²) in [5.74, 6) is 0. The first-order valence-electron chi connectivity index (χ1n) is 7.25. The first-order valence-corrected chi connectivity index (χ1v) is 9.39. The van der Waals surface area contributed by atoms with Crippen LogP contribution < -0.4 is 5.32 Å². The van der Waals surface area contributed by atoms with Gasteiger partial charge in [0.15, 0.2) is 0 Å². The van der Waals surface area contributed by atoms with E-state index in [2.05, 4.69) is 5.32 Å². The molecule has 0 aromatic rings. The third kappa shape index (κ3) is 5.84. The Hall–Kier alpha value is -0.540. The van der Waals surface area contributed by atoms with Crippen LogP contribution in [0.1, 0.15) is 53.9 Å². The first kappa shape index (κ1) is 17.5. The zero-order valence-corrected chi connectivity index (χ0v) is 14.3. The molecule has 6 heteroatoms. The molecule has 118 valence electrons. The molecule has 0 saturated heterocycles. The van der Waals surface area contributed by atoms with Gasteiger partial charge in [0, 0.05) is 18.4 Å². The van der Waals surface area contributed by atoms with Gasteiger partial charge >= 0.3 is 6.09 Å². The van der Waals surface area contributed by atoms with Crippen molar-refractivity contribution in [1.29, 1.82) is 0 Å². The minimum atomic E-state index is -2.61. The highest BCUT2D eigenvalue weighted by molar-refractivity contribution is 7.58. The van der Waals surface area contributed by atoms with Crippen molar-refractivity contribution in [2.75, 3.05) is 6.66 Å². The molecule has 1 aliphatic rings. The molecule has 5 nitrogen and oxygen atoms in total. The number of alkyl carbamates (subject to hydrolysis) is 1. The van der Waals surface area contributed by atoms with E-state index in [1.54, 1.807) is 6.66 Å². The van der Waals surface area contributed by atoms with E-state index >= 15 is 0 Å². The molecule has 0 aliphatic heterocycles. The zero-order chi connectivity index (χ0) is 15.6. The molecule has 0 radical (unpaired) electrons. The predicted molar refractivity (Wildman–Crippen MR) is 80.5 cm³/mol. The molecule has 3 atom stereocenters. The largest absolute Gasteiger partial charge is 0.444 e. The first-order chi connectivity index (χ1) is 8.99. The maximum Gasteiger partial charge on any atom is 0.407 e. The lowest BCUT2D eigenvalue weighted by Crippen LogP contribution is -2.38. The highest BCUT2D eigenvalue weighted by Gasteiger charge is 2.37. The van der Waals surface area contributed by atoms with Crippen molar-refractivity contribution in [2.45, 2.75) is 77.3 Å². The summed E-state index contributed by atoms with van der Waals surface area (Å²) in [5, 5.41) is 2.85. The monoisotopic (exact) mass is 305 g/mol. The molecule has 1 unspecified atom stereocenters. The summed E-state index contributed by atoms with van der Waals surface area (Å²) in [6.45, 7) is 11.0. The Balaban J connectivity index is 2.48. The van der Waals surface area contributed by atoms with Crippen LogP contribution in [0, 0.1) is 0 Å². The predicted octanol–water partition coefficient (Wildman–Crippen LogP) is 3.77. The number of carbonyl (C=O) groups is 1. The molecule has 1 aliphatic carbocycles. The fourth-order valence-corrected chi connectivity index (χ4v) is 4.76. The normalized spacial score (nSPS) is 26.4. The van der Waals surface area contributed by atoms with Gasteiger partial charge in [-0.05, 0) is 53.9 Å². The van der Waals surface area contributed by atoms with E-state index in [9.17, 15) is 9.36 Å². The number of nitrogens with one attached hydrogen (secondary N) is 1. The Labute approximate surface area is 122 Å². The molecular formula is C14H28NO4P. The lowest BCUT2D eigenvalue weighted by Gasteiger charge is -2.24. The fourth-order valence-electron chi connectivity index (χ4n) is 2.49. The van der Waals surface area contributed by atoms with Gasteiger partial charge < -0.3 is 14.6 Å². The summed E-state index contributed by atoms with van der Waals surface area (Å²) in [6.07, 6.45) is 1.90. The maximum absolute atomic E-state index is 12.5. The zero-order valence-electron chi connectivity index (χ0n) is 13.4. The topological polar surface area (TPSA) is 64.6 Å². The average Bonchev–Trinajstić information content (AvgIpc) is 2.60. The summed E-state index contributed by atoms with van der Waals surface area (Å²) >= 11 is 0. The Bertz CT molecular complexity index is 389. The van der Waals surface area contributed by atoms with Gasteiger partial charge in [-0.1, -0.05) is 0 Å². The van der Waals surface area contributed by atoms with Crippen LogP contribution >= 0.6 is 7.37 Å². The minimum absolute atomic E-state index is 0.0267. The fraction of sp³-hybridized carbons (Fsp3) is 0.929. The van der Waals surface area contributed by atoms with Crippen molar-refractivity contribution < 1.29 is 18.6 Å². The van der Waals surface area contributed by atoms with E-state index in [0.717, 1.165) is 12.8 Å². The van der Waals surface area contributed by atoms with Gasteiger partial charge in [-0.15, -0.1) is 0 Å². The average molecular weight is 305 g/mol. The lowest BCUT2D eigenvalue weighted by molar-refractivity contribution is 0.0505. The number of amides is 1. The van der Waals surface area contributed by atoms with Crippen molar-refractivity contribution >= 4 is 13.5 Å². The quantitative estimate of drug-likeness (QED) is 0.803. The van der Waals surface area contributed by atoms with E-state index in [0.29, 0.717) is 6.42 Å². The number of ether oxygens (including phenoxy) is 1. The highest BCUT2D eigenvalue weighted by atomic mass is 31.2. The van der Waals surface area contributed by atoms with Crippen molar-refractivity contribution in [3.8, 4) is 0 Å². The molecule has 1 N–H and O–H groups in total. The van der Waals surface area contributed by atoms with Gasteiger partial charge in [0.2, 0.25) is 7.37 Å². The minimum Gasteiger partial charge on any atom is -0.444 e. The molecule has 0 aromatic carbocycles. The second kappa shape index (κ2) is 6.48. The second-order valence-electron chi connectivity index (χ2n) is 6.87. The van der Waals surface area contributed by atoms with Gasteiger partial charge in [-0.3, -0.25) is 4.57 Å². The number of hydrogen-bond acceptors (Lipinski definition) is 4. The third-order valence-electron chi connectivity index (χ3n) is 3.21. The van der Waals surface area contributed by atoms with Crippen molar-refractivity contribution in [3.05, 3.63) is 0 Å². The number of carbonyl (C=O) groups excluding carboxylic acids is 1. The van der Waals surface area contributed by atoms with Crippen LogP contribution in [0.5, 0.6) is 0 Å². The SMILES string of the molecule is CC(C)OP(C)(=O)[C@H]1CC[C@H](NC(=O)OC(C)(C)C)C1. The highest BCUT2D eigenvalue weighted by Crippen LogP contribution is 2.55. The molecule has 1 rings (SSSR count). The van der Waals surface area contributed by atoms with Gasteiger partial charge in [-0.25, -0.2) is 4.79 Å². The number of rotatable bonds is 4. The molecule has 20 heavy (non-hydrogen) atoms. The Morgan fingerprint density at radius 2 is 1.90 bits per heavy atom. The van der Waals surface area contributed by atoms with Gasteiger partial charge in [0.05, 0.1) is 6.10 Å². The van der Waals surface area contributed by atoms with Crippen LogP contribution in [0.15, 0.2) is 0 Å². The van der Waals surface area contributed by atoms with Gasteiger partial charge in [-0.2, -0.15) is 0 Å². The maximum atomic E-state index is 12.5. The van der Waals surface area contributed by atoms with Gasteiger partial charge in [0.1, 0.15) is 5.60 Å². The van der Waals surface area contributed by atoms with Crippen LogP contribution in [-0.4, -0.2) is 36.2 Å². The van der Waals surface area contributed by atoms with Crippen molar-refractivity contribution in [2.24, 2.45) is 0 Å². The Kier molecular flexibility index (Phi) is 5.68. The summed E-state index contributed by atoms with van der Waals surface area (Å²) in [4.78, 5) is 11.7. The summed E-state index contributed by atoms with van der Waals surface area (Å²) in [6, 6.07) is 0.0267. The standard InChI is InChI=1S/C14H28NO4P/c1-10(2)19-20(6,17)12-8-7-11(9-12)15-13(16)18-14(3,4)5/h10-12H,7-9H2,1-6H3,(H,15,16)/t11-,12-,20?/m0/s1. The summed E-state index contributed by atoms with van der Waals surface area (Å²) in [5.41, 5.74) is -0.465. The van der Waals surface area contributed by atoms with E-state index < -0.39 is 19.1 Å². The molecule has 0 spiro atoms. The van der Waals surface area contributed by atoms with Crippen molar-refractivity contribution in [3.63, 3.8) is 0 Å². The van der Waals surface area contributed by atoms with Crippen LogP contribution in [0.4, 0.5) is 4.79 Å². The van der Waals surface area contributed by atoms with Gasteiger partial charge in [0.25, 0.3) is 0 Å². The molecule has 0 heterocycles. The van der Waals surface area contributed by atoms with Crippen LogP contribution in [0.2, 0.25) is 0 Å². The third-order valence-corrected chi connectivity index (χ3v) is 5.85. The summed E-state index contributed by atoms with van der Waals surface area (Å²) in [7, 11) is -2.61. The Morgan fingerprint density at radius 1 is 1.30 bits per heavy atom. The smallest absolute Gasteiger partial charge is 0.407 e. The molecule has 0 bridgehead atoms. The summed E-state index contributed by atoms with van der Waals surface area (Å²) < 4.78 is 23.3. The van der Waals surface area contributed by atoms with E-state index in [1.165, 1.54) is 0 Å². The number of hydrogen-bond donors (Lipinski definition) is 1. The Morgan fingerprint density at radius 3 is 2.40 bits per heavy atom.